The van der Waals surface area contributed by atoms with Gasteiger partial charge in [-0.1, -0.05) is 69.4 Å². The van der Waals surface area contributed by atoms with Crippen LogP contribution in [0.4, 0.5) is 0 Å². The minimum Gasteiger partial charge on any atom is -0.314 e. The third-order valence-corrected chi connectivity index (χ3v) is 4.47. The van der Waals surface area contributed by atoms with Crippen molar-refractivity contribution in [1.82, 2.24) is 5.32 Å². The van der Waals surface area contributed by atoms with Crippen LogP contribution in [0.3, 0.4) is 0 Å². The van der Waals surface area contributed by atoms with Gasteiger partial charge in [0.25, 0.3) is 0 Å². The molecule has 1 N–H and O–H groups in total. The molecule has 1 nitrogen and oxygen atoms in total. The van der Waals surface area contributed by atoms with Gasteiger partial charge in [0.05, 0.1) is 0 Å². The minimum atomic E-state index is 0.599. The van der Waals surface area contributed by atoms with E-state index in [0.717, 1.165) is 11.8 Å². The zero-order valence-corrected chi connectivity index (χ0v) is 12.8. The lowest BCUT2D eigenvalue weighted by molar-refractivity contribution is 0.313. The van der Waals surface area contributed by atoms with Crippen molar-refractivity contribution in [1.29, 1.82) is 0 Å². The molecule has 0 bridgehead atoms. The highest BCUT2D eigenvalue weighted by Gasteiger charge is 2.25. The predicted octanol–water partition coefficient (Wildman–Crippen LogP) is 4.34. The molecule has 19 heavy (non-hydrogen) atoms. The van der Waals surface area contributed by atoms with Crippen LogP contribution in [0.25, 0.3) is 0 Å². The SMILES string of the molecule is Cc1ccc(CC(CNC(C)C)C2CCCC2)cc1. The van der Waals surface area contributed by atoms with Gasteiger partial charge in [-0.25, -0.2) is 0 Å². The summed E-state index contributed by atoms with van der Waals surface area (Å²) in [6.07, 6.45) is 7.00. The first-order chi connectivity index (χ1) is 9.15. The second kappa shape index (κ2) is 7.09. The van der Waals surface area contributed by atoms with Crippen LogP contribution in [0.2, 0.25) is 0 Å². The van der Waals surface area contributed by atoms with Crippen LogP contribution in [0.1, 0.15) is 50.7 Å². The van der Waals surface area contributed by atoms with Gasteiger partial charge in [-0.3, -0.25) is 0 Å². The molecule has 1 aromatic carbocycles. The molecule has 1 aliphatic rings. The van der Waals surface area contributed by atoms with Crippen LogP contribution < -0.4 is 5.32 Å². The quantitative estimate of drug-likeness (QED) is 0.801. The Bertz CT molecular complexity index is 360. The molecule has 0 spiro atoms. The van der Waals surface area contributed by atoms with E-state index in [2.05, 4.69) is 50.4 Å². The molecule has 1 fully saturated rings. The van der Waals surface area contributed by atoms with E-state index in [0.29, 0.717) is 6.04 Å². The van der Waals surface area contributed by atoms with E-state index >= 15 is 0 Å². The standard InChI is InChI=1S/C18H29N/c1-14(2)19-13-18(17-6-4-5-7-17)12-16-10-8-15(3)9-11-16/h8-11,14,17-19H,4-7,12-13H2,1-3H3. The maximum absolute atomic E-state index is 3.65. The summed E-state index contributed by atoms with van der Waals surface area (Å²) in [5, 5.41) is 3.65. The van der Waals surface area contributed by atoms with Crippen molar-refractivity contribution in [2.45, 2.75) is 58.9 Å². The third kappa shape index (κ3) is 4.65. The van der Waals surface area contributed by atoms with Crippen LogP contribution in [-0.4, -0.2) is 12.6 Å². The van der Waals surface area contributed by atoms with Crippen molar-refractivity contribution in [2.75, 3.05) is 6.54 Å². The molecule has 0 radical (unpaired) electrons. The summed E-state index contributed by atoms with van der Waals surface area (Å²) < 4.78 is 0. The van der Waals surface area contributed by atoms with Gasteiger partial charge in [0.2, 0.25) is 0 Å². The lowest BCUT2D eigenvalue weighted by Gasteiger charge is -2.25. The second-order valence-corrected chi connectivity index (χ2v) is 6.56. The highest BCUT2D eigenvalue weighted by Crippen LogP contribution is 2.33. The normalized spacial score (nSPS) is 18.1. The van der Waals surface area contributed by atoms with E-state index in [1.165, 1.54) is 49.8 Å². The van der Waals surface area contributed by atoms with Crippen LogP contribution >= 0.6 is 0 Å². The van der Waals surface area contributed by atoms with Gasteiger partial charge in [0.1, 0.15) is 0 Å². The van der Waals surface area contributed by atoms with E-state index < -0.39 is 0 Å². The summed E-state index contributed by atoms with van der Waals surface area (Å²) >= 11 is 0. The highest BCUT2D eigenvalue weighted by atomic mass is 14.9. The van der Waals surface area contributed by atoms with Gasteiger partial charge in [-0.05, 0) is 37.3 Å². The Morgan fingerprint density at radius 3 is 2.32 bits per heavy atom. The maximum atomic E-state index is 3.65. The van der Waals surface area contributed by atoms with Crippen molar-refractivity contribution in [3.8, 4) is 0 Å². The van der Waals surface area contributed by atoms with E-state index in [-0.39, 0.29) is 0 Å². The summed E-state index contributed by atoms with van der Waals surface area (Å²) in [5.41, 5.74) is 2.87. The fourth-order valence-corrected chi connectivity index (χ4v) is 3.25. The molecule has 0 saturated heterocycles. The van der Waals surface area contributed by atoms with E-state index in [4.69, 9.17) is 0 Å². The molecule has 1 saturated carbocycles. The number of nitrogens with one attached hydrogen (secondary N) is 1. The zero-order chi connectivity index (χ0) is 13.7. The van der Waals surface area contributed by atoms with Gasteiger partial charge in [0.15, 0.2) is 0 Å². The number of hydrogen-bond donors (Lipinski definition) is 1. The molecule has 1 unspecified atom stereocenters. The largest absolute Gasteiger partial charge is 0.314 e. The van der Waals surface area contributed by atoms with Gasteiger partial charge < -0.3 is 5.32 Å². The van der Waals surface area contributed by atoms with E-state index in [1.54, 1.807) is 0 Å². The molecular formula is C18H29N. The van der Waals surface area contributed by atoms with Gasteiger partial charge in [-0.15, -0.1) is 0 Å². The van der Waals surface area contributed by atoms with Crippen molar-refractivity contribution in [3.05, 3.63) is 35.4 Å². The summed E-state index contributed by atoms with van der Waals surface area (Å²) in [7, 11) is 0. The molecule has 0 aliphatic heterocycles. The average molecular weight is 259 g/mol. The highest BCUT2D eigenvalue weighted by molar-refractivity contribution is 5.21. The second-order valence-electron chi connectivity index (χ2n) is 6.56. The number of rotatable bonds is 6. The summed E-state index contributed by atoms with van der Waals surface area (Å²) in [6, 6.07) is 9.72. The molecule has 1 aromatic rings. The molecule has 1 aliphatic carbocycles. The minimum absolute atomic E-state index is 0.599. The molecule has 2 rings (SSSR count). The van der Waals surface area contributed by atoms with Gasteiger partial charge >= 0.3 is 0 Å². The fourth-order valence-electron chi connectivity index (χ4n) is 3.25. The van der Waals surface area contributed by atoms with E-state index in [1.807, 2.05) is 0 Å². The number of aryl methyl sites for hydroxylation is 1. The smallest absolute Gasteiger partial charge is 0.00104 e. The molecule has 106 valence electrons. The van der Waals surface area contributed by atoms with Crippen molar-refractivity contribution >= 4 is 0 Å². The van der Waals surface area contributed by atoms with Crippen LogP contribution in [0.15, 0.2) is 24.3 Å². The summed E-state index contributed by atoms with van der Waals surface area (Å²) in [4.78, 5) is 0. The van der Waals surface area contributed by atoms with Crippen LogP contribution in [-0.2, 0) is 6.42 Å². The molecule has 1 atom stereocenters. The Labute approximate surface area is 118 Å². The Hall–Kier alpha value is -0.820. The average Bonchev–Trinajstić information content (AvgIpc) is 2.90. The van der Waals surface area contributed by atoms with Crippen LogP contribution in [0.5, 0.6) is 0 Å². The topological polar surface area (TPSA) is 12.0 Å². The lowest BCUT2D eigenvalue weighted by atomic mass is 9.85. The first-order valence-corrected chi connectivity index (χ1v) is 7.94. The van der Waals surface area contributed by atoms with Crippen molar-refractivity contribution in [2.24, 2.45) is 11.8 Å². The summed E-state index contributed by atoms with van der Waals surface area (Å²) in [5.74, 6) is 1.75. The molecule has 1 heteroatoms. The number of hydrogen-bond acceptors (Lipinski definition) is 1. The van der Waals surface area contributed by atoms with Crippen molar-refractivity contribution < 1.29 is 0 Å². The van der Waals surface area contributed by atoms with Gasteiger partial charge in [0, 0.05) is 6.04 Å². The fraction of sp³-hybridized carbons (Fsp3) is 0.667. The Morgan fingerprint density at radius 2 is 1.74 bits per heavy atom. The Morgan fingerprint density at radius 1 is 1.11 bits per heavy atom. The Balaban J connectivity index is 1.97. The Kier molecular flexibility index (Phi) is 5.45. The first kappa shape index (κ1) is 14.6. The van der Waals surface area contributed by atoms with Crippen molar-refractivity contribution in [3.63, 3.8) is 0 Å². The molecule has 0 heterocycles. The van der Waals surface area contributed by atoms with Gasteiger partial charge in [-0.2, -0.15) is 0 Å². The maximum Gasteiger partial charge on any atom is 0.00104 e. The third-order valence-electron chi connectivity index (χ3n) is 4.47. The lowest BCUT2D eigenvalue weighted by Crippen LogP contribution is -2.33. The zero-order valence-electron chi connectivity index (χ0n) is 12.8. The molecule has 0 amide bonds. The van der Waals surface area contributed by atoms with Crippen LogP contribution in [0, 0.1) is 18.8 Å². The first-order valence-electron chi connectivity index (χ1n) is 7.94. The molecule has 0 aromatic heterocycles. The predicted molar refractivity (Wildman–Crippen MR) is 83.5 cm³/mol. The van der Waals surface area contributed by atoms with E-state index in [9.17, 15) is 0 Å². The summed E-state index contributed by atoms with van der Waals surface area (Å²) in [6.45, 7) is 7.84. The number of benzene rings is 1. The monoisotopic (exact) mass is 259 g/mol. The molecular weight excluding hydrogens is 230 g/mol.